The molecule has 86 valence electrons. The molecule has 0 spiro atoms. The molecule has 0 aromatic carbocycles. The summed E-state index contributed by atoms with van der Waals surface area (Å²) in [6, 6.07) is 0. The number of thioether (sulfide) groups is 1. The van der Waals surface area contributed by atoms with Gasteiger partial charge in [-0.05, 0) is 18.7 Å². The molecule has 0 radical (unpaired) electrons. The highest BCUT2D eigenvalue weighted by Crippen LogP contribution is 1.99. The van der Waals surface area contributed by atoms with Gasteiger partial charge >= 0.3 is 0 Å². The number of nitrogens with one attached hydrogen (secondary N) is 1. The molecule has 1 heterocycles. The van der Waals surface area contributed by atoms with Gasteiger partial charge in [0, 0.05) is 5.75 Å². The second-order valence-electron chi connectivity index (χ2n) is 3.30. The van der Waals surface area contributed by atoms with Crippen molar-refractivity contribution < 1.29 is 0 Å². The van der Waals surface area contributed by atoms with E-state index >= 15 is 0 Å². The van der Waals surface area contributed by atoms with Crippen LogP contribution in [0.4, 0.5) is 0 Å². The van der Waals surface area contributed by atoms with Gasteiger partial charge in [0.1, 0.15) is 6.33 Å². The van der Waals surface area contributed by atoms with Crippen LogP contribution in [-0.2, 0) is 13.1 Å². The van der Waals surface area contributed by atoms with Crippen molar-refractivity contribution in [2.75, 3.05) is 18.1 Å². The minimum atomic E-state index is 0.780. The quantitative estimate of drug-likeness (QED) is 0.685. The maximum Gasteiger partial charge on any atom is 0.164 e. The fourth-order valence-electron chi connectivity index (χ4n) is 1.20. The molecule has 1 aromatic rings. The Kier molecular flexibility index (Phi) is 6.43. The number of nitrogens with zero attached hydrogens (tertiary/aromatic N) is 3. The summed E-state index contributed by atoms with van der Waals surface area (Å²) in [5, 5.41) is 7.67. The van der Waals surface area contributed by atoms with E-state index in [9.17, 15) is 0 Å². The SMILES string of the molecule is CCCNCc1ncn(CCSCC)n1. The first-order valence-electron chi connectivity index (χ1n) is 5.53. The van der Waals surface area contributed by atoms with E-state index in [-0.39, 0.29) is 0 Å². The van der Waals surface area contributed by atoms with Gasteiger partial charge in [-0.25, -0.2) is 4.98 Å². The monoisotopic (exact) mass is 228 g/mol. The summed E-state index contributed by atoms with van der Waals surface area (Å²) in [6.07, 6.45) is 2.97. The topological polar surface area (TPSA) is 42.7 Å². The lowest BCUT2D eigenvalue weighted by atomic mass is 10.5. The van der Waals surface area contributed by atoms with E-state index in [0.717, 1.165) is 37.6 Å². The van der Waals surface area contributed by atoms with Crippen LogP contribution in [0.25, 0.3) is 0 Å². The average molecular weight is 228 g/mol. The van der Waals surface area contributed by atoms with E-state index in [1.54, 1.807) is 0 Å². The van der Waals surface area contributed by atoms with Crippen LogP contribution in [0.1, 0.15) is 26.1 Å². The summed E-state index contributed by atoms with van der Waals surface area (Å²) in [7, 11) is 0. The molecule has 0 aliphatic heterocycles. The molecule has 15 heavy (non-hydrogen) atoms. The Bertz CT molecular complexity index is 237. The molecule has 0 fully saturated rings. The number of hydrogen-bond donors (Lipinski definition) is 1. The molecule has 0 bridgehead atoms. The van der Waals surface area contributed by atoms with E-state index in [4.69, 9.17) is 0 Å². The van der Waals surface area contributed by atoms with Crippen LogP contribution in [0.15, 0.2) is 6.33 Å². The third-order valence-corrected chi connectivity index (χ3v) is 2.84. The van der Waals surface area contributed by atoms with E-state index < -0.39 is 0 Å². The highest BCUT2D eigenvalue weighted by atomic mass is 32.2. The molecule has 0 saturated carbocycles. The summed E-state index contributed by atoms with van der Waals surface area (Å²) in [5.74, 6) is 3.17. The highest BCUT2D eigenvalue weighted by Gasteiger charge is 1.99. The zero-order valence-corrected chi connectivity index (χ0v) is 10.4. The second-order valence-corrected chi connectivity index (χ2v) is 4.69. The van der Waals surface area contributed by atoms with Crippen molar-refractivity contribution in [3.63, 3.8) is 0 Å². The smallest absolute Gasteiger partial charge is 0.164 e. The summed E-state index contributed by atoms with van der Waals surface area (Å²) in [6.45, 7) is 7.09. The molecular formula is C10H20N4S. The number of aryl methyl sites for hydroxylation is 1. The second kappa shape index (κ2) is 7.70. The van der Waals surface area contributed by atoms with Gasteiger partial charge in [-0.2, -0.15) is 16.9 Å². The summed E-state index contributed by atoms with van der Waals surface area (Å²) >= 11 is 1.93. The normalized spacial score (nSPS) is 10.8. The largest absolute Gasteiger partial charge is 0.310 e. The summed E-state index contributed by atoms with van der Waals surface area (Å²) in [4.78, 5) is 4.25. The Morgan fingerprint density at radius 3 is 3.07 bits per heavy atom. The van der Waals surface area contributed by atoms with Crippen LogP contribution in [0.5, 0.6) is 0 Å². The van der Waals surface area contributed by atoms with Crippen LogP contribution < -0.4 is 5.32 Å². The van der Waals surface area contributed by atoms with Crippen LogP contribution in [0.3, 0.4) is 0 Å². The molecule has 0 amide bonds. The average Bonchev–Trinajstić information content (AvgIpc) is 2.67. The van der Waals surface area contributed by atoms with E-state index in [2.05, 4.69) is 29.2 Å². The van der Waals surface area contributed by atoms with Crippen molar-refractivity contribution in [3.05, 3.63) is 12.2 Å². The Morgan fingerprint density at radius 2 is 2.33 bits per heavy atom. The van der Waals surface area contributed by atoms with Crippen LogP contribution in [0.2, 0.25) is 0 Å². The third-order valence-electron chi connectivity index (χ3n) is 1.96. The fourth-order valence-corrected chi connectivity index (χ4v) is 1.81. The predicted molar refractivity (Wildman–Crippen MR) is 65.0 cm³/mol. The molecule has 1 aromatic heterocycles. The van der Waals surface area contributed by atoms with Crippen molar-refractivity contribution >= 4 is 11.8 Å². The number of rotatable bonds is 8. The zero-order valence-electron chi connectivity index (χ0n) is 9.57. The van der Waals surface area contributed by atoms with E-state index in [0.29, 0.717) is 0 Å². The highest BCUT2D eigenvalue weighted by molar-refractivity contribution is 7.99. The third kappa shape index (κ3) is 5.18. The number of hydrogen-bond acceptors (Lipinski definition) is 4. The van der Waals surface area contributed by atoms with Crippen molar-refractivity contribution in [1.82, 2.24) is 20.1 Å². The first-order chi connectivity index (χ1) is 7.36. The molecule has 0 aliphatic carbocycles. The Labute approximate surface area is 95.9 Å². The standard InChI is InChI=1S/C10H20N4S/c1-3-5-11-8-10-12-9-14(13-10)6-7-15-4-2/h9,11H,3-8H2,1-2H3. The molecule has 5 heteroatoms. The lowest BCUT2D eigenvalue weighted by Crippen LogP contribution is -2.15. The van der Waals surface area contributed by atoms with Crippen molar-refractivity contribution in [2.24, 2.45) is 0 Å². The van der Waals surface area contributed by atoms with Gasteiger partial charge in [-0.15, -0.1) is 0 Å². The maximum atomic E-state index is 4.38. The Morgan fingerprint density at radius 1 is 1.47 bits per heavy atom. The lowest BCUT2D eigenvalue weighted by molar-refractivity contribution is 0.618. The van der Waals surface area contributed by atoms with Gasteiger partial charge < -0.3 is 5.32 Å². The van der Waals surface area contributed by atoms with E-state index in [1.165, 1.54) is 5.75 Å². The van der Waals surface area contributed by atoms with Crippen LogP contribution >= 0.6 is 11.8 Å². The molecule has 0 unspecified atom stereocenters. The van der Waals surface area contributed by atoms with Crippen molar-refractivity contribution in [1.29, 1.82) is 0 Å². The molecule has 0 atom stereocenters. The minimum Gasteiger partial charge on any atom is -0.310 e. The Hall–Kier alpha value is -0.550. The molecular weight excluding hydrogens is 208 g/mol. The van der Waals surface area contributed by atoms with Gasteiger partial charge in [0.15, 0.2) is 5.82 Å². The minimum absolute atomic E-state index is 0.780. The maximum absolute atomic E-state index is 4.38. The van der Waals surface area contributed by atoms with Gasteiger partial charge in [0.2, 0.25) is 0 Å². The first-order valence-corrected chi connectivity index (χ1v) is 6.69. The van der Waals surface area contributed by atoms with Gasteiger partial charge in [-0.1, -0.05) is 13.8 Å². The van der Waals surface area contributed by atoms with E-state index in [1.807, 2.05) is 22.8 Å². The van der Waals surface area contributed by atoms with Crippen molar-refractivity contribution in [3.8, 4) is 0 Å². The Balaban J connectivity index is 2.23. The van der Waals surface area contributed by atoms with Gasteiger partial charge in [-0.3, -0.25) is 4.68 Å². The van der Waals surface area contributed by atoms with Gasteiger partial charge in [0.25, 0.3) is 0 Å². The zero-order chi connectivity index (χ0) is 10.9. The number of aromatic nitrogens is 3. The molecule has 0 saturated heterocycles. The van der Waals surface area contributed by atoms with Crippen LogP contribution in [-0.4, -0.2) is 32.8 Å². The van der Waals surface area contributed by atoms with Crippen LogP contribution in [0, 0.1) is 0 Å². The van der Waals surface area contributed by atoms with Crippen molar-refractivity contribution in [2.45, 2.75) is 33.4 Å². The first kappa shape index (κ1) is 12.5. The molecule has 4 nitrogen and oxygen atoms in total. The van der Waals surface area contributed by atoms with Gasteiger partial charge in [0.05, 0.1) is 13.1 Å². The predicted octanol–water partition coefficient (Wildman–Crippen LogP) is 1.53. The molecule has 1 rings (SSSR count). The summed E-state index contributed by atoms with van der Waals surface area (Å²) in [5.41, 5.74) is 0. The summed E-state index contributed by atoms with van der Waals surface area (Å²) < 4.78 is 1.92. The fraction of sp³-hybridized carbons (Fsp3) is 0.800. The molecule has 1 N–H and O–H groups in total. The lowest BCUT2D eigenvalue weighted by Gasteiger charge is -1.99. The molecule has 0 aliphatic rings.